The van der Waals surface area contributed by atoms with Crippen molar-refractivity contribution in [1.82, 2.24) is 25.4 Å². The Bertz CT molecular complexity index is 644. The van der Waals surface area contributed by atoms with E-state index in [1.807, 2.05) is 0 Å². The van der Waals surface area contributed by atoms with E-state index in [-0.39, 0.29) is 37.6 Å². The van der Waals surface area contributed by atoms with Crippen LogP contribution < -0.4 is 5.32 Å². The summed E-state index contributed by atoms with van der Waals surface area (Å²) < 4.78 is 12.9. The number of rotatable bonds is 6. The maximum absolute atomic E-state index is 12.9. The van der Waals surface area contributed by atoms with Gasteiger partial charge < -0.3 is 15.3 Å². The number of halogens is 1. The van der Waals surface area contributed by atoms with Gasteiger partial charge in [0.15, 0.2) is 5.82 Å². The number of urea groups is 1. The molecular weight excluding hydrogens is 301 g/mol. The predicted molar refractivity (Wildman–Crippen MR) is 82.0 cm³/mol. The Balaban J connectivity index is 2.01. The average Bonchev–Trinajstić information content (AvgIpc) is 2.95. The highest BCUT2D eigenvalue weighted by molar-refractivity contribution is 5.74. The quantitative estimate of drug-likeness (QED) is 0.752. The van der Waals surface area contributed by atoms with E-state index in [2.05, 4.69) is 20.5 Å². The fraction of sp³-hybridized carbons (Fsp3) is 0.400. The molecule has 0 aliphatic rings. The predicted octanol–water partition coefficient (Wildman–Crippen LogP) is 1.52. The number of nitrogens with one attached hydrogen (secondary N) is 2. The third-order valence-corrected chi connectivity index (χ3v) is 3.29. The first-order chi connectivity index (χ1) is 11.0. The number of aliphatic hydroxyl groups excluding tert-OH is 1. The number of aryl methyl sites for hydroxylation is 1. The lowest BCUT2D eigenvalue weighted by molar-refractivity contribution is 0.171. The monoisotopic (exact) mass is 321 g/mol. The molecule has 2 aromatic rings. The van der Waals surface area contributed by atoms with Crippen molar-refractivity contribution < 1.29 is 14.3 Å². The topological polar surface area (TPSA) is 94.1 Å². The normalized spacial score (nSPS) is 12.0. The Labute approximate surface area is 133 Å². The standard InChI is InChI=1S/C15H20FN5O2/c1-10(14-18-11(2)19-20-14)17-15(23)21(7-8-22)9-12-3-5-13(16)6-4-12/h3-6,10,22H,7-9H2,1-2H3,(H,17,23)(H,18,19,20). The SMILES string of the molecule is Cc1nc(C(C)NC(=O)N(CCO)Cc2ccc(F)cc2)n[nH]1. The molecule has 0 radical (unpaired) electrons. The summed E-state index contributed by atoms with van der Waals surface area (Å²) in [6, 6.07) is 5.16. The van der Waals surface area contributed by atoms with E-state index in [0.717, 1.165) is 5.56 Å². The summed E-state index contributed by atoms with van der Waals surface area (Å²) in [4.78, 5) is 18.0. The Morgan fingerprint density at radius 2 is 2.13 bits per heavy atom. The first-order valence-corrected chi connectivity index (χ1v) is 7.29. The fourth-order valence-corrected chi connectivity index (χ4v) is 2.08. The molecule has 1 heterocycles. The van der Waals surface area contributed by atoms with E-state index in [1.54, 1.807) is 26.0 Å². The summed E-state index contributed by atoms with van der Waals surface area (Å²) in [5.41, 5.74) is 0.774. The second kappa shape index (κ2) is 7.68. The van der Waals surface area contributed by atoms with Gasteiger partial charge in [0, 0.05) is 13.1 Å². The van der Waals surface area contributed by atoms with Crippen molar-refractivity contribution >= 4 is 6.03 Å². The Morgan fingerprint density at radius 1 is 1.43 bits per heavy atom. The van der Waals surface area contributed by atoms with Crippen LogP contribution in [0.4, 0.5) is 9.18 Å². The highest BCUT2D eigenvalue weighted by Gasteiger charge is 2.18. The molecule has 3 N–H and O–H groups in total. The van der Waals surface area contributed by atoms with E-state index >= 15 is 0 Å². The van der Waals surface area contributed by atoms with Gasteiger partial charge in [0.1, 0.15) is 11.6 Å². The summed E-state index contributed by atoms with van der Waals surface area (Å²) in [6.45, 7) is 3.82. The van der Waals surface area contributed by atoms with Crippen molar-refractivity contribution in [3.05, 3.63) is 47.3 Å². The van der Waals surface area contributed by atoms with Gasteiger partial charge in [-0.05, 0) is 31.5 Å². The van der Waals surface area contributed by atoms with E-state index in [9.17, 15) is 9.18 Å². The number of nitrogens with zero attached hydrogens (tertiary/aromatic N) is 3. The van der Waals surface area contributed by atoms with Crippen molar-refractivity contribution in [3.63, 3.8) is 0 Å². The zero-order valence-corrected chi connectivity index (χ0v) is 13.1. The van der Waals surface area contributed by atoms with Gasteiger partial charge in [0.2, 0.25) is 0 Å². The summed E-state index contributed by atoms with van der Waals surface area (Å²) in [7, 11) is 0. The lowest BCUT2D eigenvalue weighted by Gasteiger charge is -2.24. The largest absolute Gasteiger partial charge is 0.395 e. The number of aromatic amines is 1. The Kier molecular flexibility index (Phi) is 5.64. The van der Waals surface area contributed by atoms with Gasteiger partial charge in [-0.15, -0.1) is 0 Å². The first kappa shape index (κ1) is 16.9. The maximum Gasteiger partial charge on any atom is 0.318 e. The minimum absolute atomic E-state index is 0.164. The lowest BCUT2D eigenvalue weighted by Crippen LogP contribution is -2.42. The van der Waals surface area contributed by atoms with Crippen LogP contribution in [0.1, 0.15) is 30.2 Å². The Morgan fingerprint density at radius 3 is 2.70 bits per heavy atom. The molecule has 1 aromatic carbocycles. The van der Waals surface area contributed by atoms with E-state index in [0.29, 0.717) is 11.6 Å². The van der Waals surface area contributed by atoms with Gasteiger partial charge in [-0.3, -0.25) is 5.10 Å². The second-order valence-electron chi connectivity index (χ2n) is 5.22. The van der Waals surface area contributed by atoms with Crippen molar-refractivity contribution in [2.75, 3.05) is 13.2 Å². The molecule has 124 valence electrons. The molecule has 1 aromatic heterocycles. The molecule has 0 saturated carbocycles. The number of aliphatic hydroxyl groups is 1. The molecule has 0 saturated heterocycles. The molecule has 2 amide bonds. The molecule has 0 fully saturated rings. The van der Waals surface area contributed by atoms with Gasteiger partial charge >= 0.3 is 6.03 Å². The molecule has 2 rings (SSSR count). The highest BCUT2D eigenvalue weighted by atomic mass is 19.1. The summed E-state index contributed by atoms with van der Waals surface area (Å²) >= 11 is 0. The number of benzene rings is 1. The third kappa shape index (κ3) is 4.75. The Hall–Kier alpha value is -2.48. The van der Waals surface area contributed by atoms with E-state index in [4.69, 9.17) is 5.11 Å². The fourth-order valence-electron chi connectivity index (χ4n) is 2.08. The number of aromatic nitrogens is 3. The second-order valence-corrected chi connectivity index (χ2v) is 5.22. The number of carbonyl (C=O) groups excluding carboxylic acids is 1. The van der Waals surface area contributed by atoms with Crippen LogP contribution in [0.3, 0.4) is 0 Å². The van der Waals surface area contributed by atoms with Crippen LogP contribution in [0.25, 0.3) is 0 Å². The zero-order chi connectivity index (χ0) is 16.8. The van der Waals surface area contributed by atoms with Crippen LogP contribution in [0.2, 0.25) is 0 Å². The van der Waals surface area contributed by atoms with Crippen LogP contribution in [-0.4, -0.2) is 44.4 Å². The van der Waals surface area contributed by atoms with Crippen LogP contribution in [0.15, 0.2) is 24.3 Å². The van der Waals surface area contributed by atoms with Gasteiger partial charge in [0.05, 0.1) is 12.6 Å². The van der Waals surface area contributed by atoms with E-state index in [1.165, 1.54) is 17.0 Å². The number of hydrogen-bond donors (Lipinski definition) is 3. The minimum Gasteiger partial charge on any atom is -0.395 e. The molecule has 0 bridgehead atoms. The first-order valence-electron chi connectivity index (χ1n) is 7.29. The van der Waals surface area contributed by atoms with Crippen molar-refractivity contribution in [3.8, 4) is 0 Å². The van der Waals surface area contributed by atoms with Crippen LogP contribution in [0.5, 0.6) is 0 Å². The molecule has 1 unspecified atom stereocenters. The summed E-state index contributed by atoms with van der Waals surface area (Å²) in [5, 5.41) is 18.7. The number of carbonyl (C=O) groups is 1. The molecule has 0 spiro atoms. The molecule has 1 atom stereocenters. The highest BCUT2D eigenvalue weighted by Crippen LogP contribution is 2.10. The van der Waals surface area contributed by atoms with Crippen LogP contribution >= 0.6 is 0 Å². The molecular formula is C15H20FN5O2. The van der Waals surface area contributed by atoms with Crippen molar-refractivity contribution in [2.45, 2.75) is 26.4 Å². The average molecular weight is 321 g/mol. The molecule has 0 aliphatic carbocycles. The molecule has 23 heavy (non-hydrogen) atoms. The van der Waals surface area contributed by atoms with Crippen LogP contribution in [0, 0.1) is 12.7 Å². The summed E-state index contributed by atoms with van der Waals surface area (Å²) in [5.74, 6) is 0.821. The van der Waals surface area contributed by atoms with Crippen LogP contribution in [-0.2, 0) is 6.54 Å². The van der Waals surface area contributed by atoms with Gasteiger partial charge in [-0.25, -0.2) is 14.2 Å². The van der Waals surface area contributed by atoms with Crippen molar-refractivity contribution in [1.29, 1.82) is 0 Å². The van der Waals surface area contributed by atoms with Gasteiger partial charge in [-0.2, -0.15) is 5.10 Å². The maximum atomic E-state index is 12.9. The van der Waals surface area contributed by atoms with E-state index < -0.39 is 0 Å². The third-order valence-electron chi connectivity index (χ3n) is 3.29. The molecule has 8 heteroatoms. The van der Waals surface area contributed by atoms with Crippen molar-refractivity contribution in [2.24, 2.45) is 0 Å². The molecule has 0 aliphatic heterocycles. The zero-order valence-electron chi connectivity index (χ0n) is 13.1. The molecule has 7 nitrogen and oxygen atoms in total. The summed E-state index contributed by atoms with van der Waals surface area (Å²) in [6.07, 6.45) is 0. The van der Waals surface area contributed by atoms with Gasteiger partial charge in [0.25, 0.3) is 0 Å². The number of amides is 2. The number of hydrogen-bond acceptors (Lipinski definition) is 4. The lowest BCUT2D eigenvalue weighted by atomic mass is 10.2. The number of H-pyrrole nitrogens is 1. The van der Waals surface area contributed by atoms with Gasteiger partial charge in [-0.1, -0.05) is 12.1 Å². The smallest absolute Gasteiger partial charge is 0.318 e. The minimum atomic E-state index is -0.373.